The number of piperazine rings is 1. The molecule has 0 amide bonds. The molecule has 17 heavy (non-hydrogen) atoms. The van der Waals surface area contributed by atoms with Crippen LogP contribution < -0.4 is 5.32 Å². The maximum atomic E-state index is 3.29. The quantitative estimate of drug-likeness (QED) is 0.807. The SMILES string of the molecule is CNCC(C)(C)CN1CCN(C(C)(C)C)CC1. The zero-order valence-corrected chi connectivity index (χ0v) is 12.6. The smallest absolute Gasteiger partial charge is 0.0126 e. The molecule has 1 aliphatic rings. The first-order chi connectivity index (χ1) is 7.74. The van der Waals surface area contributed by atoms with E-state index in [0.717, 1.165) is 6.54 Å². The van der Waals surface area contributed by atoms with Gasteiger partial charge in [0.2, 0.25) is 0 Å². The van der Waals surface area contributed by atoms with Crippen molar-refractivity contribution in [2.45, 2.75) is 40.2 Å². The van der Waals surface area contributed by atoms with Crippen LogP contribution in [0.1, 0.15) is 34.6 Å². The van der Waals surface area contributed by atoms with Crippen molar-refractivity contribution in [1.29, 1.82) is 0 Å². The van der Waals surface area contributed by atoms with Crippen molar-refractivity contribution in [3.05, 3.63) is 0 Å². The molecule has 1 heterocycles. The minimum Gasteiger partial charge on any atom is -0.319 e. The monoisotopic (exact) mass is 241 g/mol. The van der Waals surface area contributed by atoms with Gasteiger partial charge in [-0.15, -0.1) is 0 Å². The summed E-state index contributed by atoms with van der Waals surface area (Å²) in [5.41, 5.74) is 0.700. The summed E-state index contributed by atoms with van der Waals surface area (Å²) < 4.78 is 0. The molecule has 0 aromatic rings. The lowest BCUT2D eigenvalue weighted by Crippen LogP contribution is -2.55. The van der Waals surface area contributed by atoms with Crippen molar-refractivity contribution in [3.63, 3.8) is 0 Å². The Bertz CT molecular complexity index is 222. The summed E-state index contributed by atoms with van der Waals surface area (Å²) in [4.78, 5) is 5.20. The molecule has 0 unspecified atom stereocenters. The van der Waals surface area contributed by atoms with Gasteiger partial charge in [0, 0.05) is 44.8 Å². The maximum absolute atomic E-state index is 3.29. The first-order valence-electron chi connectivity index (χ1n) is 6.87. The first kappa shape index (κ1) is 14.9. The molecule has 1 saturated heterocycles. The van der Waals surface area contributed by atoms with Crippen LogP contribution >= 0.6 is 0 Å². The summed E-state index contributed by atoms with van der Waals surface area (Å²) in [6, 6.07) is 0. The van der Waals surface area contributed by atoms with Crippen molar-refractivity contribution in [3.8, 4) is 0 Å². The fourth-order valence-corrected chi connectivity index (χ4v) is 2.72. The summed E-state index contributed by atoms with van der Waals surface area (Å²) in [6.07, 6.45) is 0. The number of rotatable bonds is 4. The third-order valence-electron chi connectivity index (χ3n) is 3.63. The van der Waals surface area contributed by atoms with Crippen LogP contribution in [0.5, 0.6) is 0 Å². The van der Waals surface area contributed by atoms with Crippen LogP contribution in [0.3, 0.4) is 0 Å². The molecule has 0 saturated carbocycles. The van der Waals surface area contributed by atoms with E-state index in [1.807, 2.05) is 7.05 Å². The van der Waals surface area contributed by atoms with Gasteiger partial charge >= 0.3 is 0 Å². The summed E-state index contributed by atoms with van der Waals surface area (Å²) >= 11 is 0. The number of nitrogens with one attached hydrogen (secondary N) is 1. The Morgan fingerprint density at radius 3 is 1.88 bits per heavy atom. The molecular formula is C14H31N3. The van der Waals surface area contributed by atoms with Crippen LogP contribution in [0.2, 0.25) is 0 Å². The Balaban J connectivity index is 2.37. The van der Waals surface area contributed by atoms with Gasteiger partial charge in [-0.05, 0) is 33.2 Å². The lowest BCUT2D eigenvalue weighted by atomic mass is 9.92. The molecule has 1 rings (SSSR count). The summed E-state index contributed by atoms with van der Waals surface area (Å²) in [7, 11) is 2.04. The highest BCUT2D eigenvalue weighted by Gasteiger charge is 2.28. The van der Waals surface area contributed by atoms with Gasteiger partial charge in [0.1, 0.15) is 0 Å². The second-order valence-electron chi connectivity index (χ2n) is 7.13. The average Bonchev–Trinajstić information content (AvgIpc) is 2.16. The van der Waals surface area contributed by atoms with E-state index in [-0.39, 0.29) is 0 Å². The molecule has 0 aliphatic carbocycles. The van der Waals surface area contributed by atoms with E-state index in [0.29, 0.717) is 11.0 Å². The lowest BCUT2D eigenvalue weighted by Gasteiger charge is -2.44. The molecule has 1 fully saturated rings. The van der Waals surface area contributed by atoms with Crippen molar-refractivity contribution < 1.29 is 0 Å². The van der Waals surface area contributed by atoms with Gasteiger partial charge in [-0.3, -0.25) is 4.90 Å². The van der Waals surface area contributed by atoms with E-state index in [4.69, 9.17) is 0 Å². The van der Waals surface area contributed by atoms with Crippen LogP contribution in [-0.2, 0) is 0 Å². The van der Waals surface area contributed by atoms with Crippen LogP contribution in [-0.4, -0.2) is 61.7 Å². The molecule has 3 nitrogen and oxygen atoms in total. The Labute approximate surface area is 108 Å². The van der Waals surface area contributed by atoms with E-state index < -0.39 is 0 Å². The molecule has 0 radical (unpaired) electrons. The minimum atomic E-state index is 0.326. The summed E-state index contributed by atoms with van der Waals surface area (Å²) in [6.45, 7) is 18.8. The van der Waals surface area contributed by atoms with Gasteiger partial charge in [0.25, 0.3) is 0 Å². The Morgan fingerprint density at radius 2 is 1.47 bits per heavy atom. The lowest BCUT2D eigenvalue weighted by molar-refractivity contribution is 0.0457. The first-order valence-corrected chi connectivity index (χ1v) is 6.87. The fraction of sp³-hybridized carbons (Fsp3) is 1.00. The topological polar surface area (TPSA) is 18.5 Å². The Morgan fingerprint density at radius 1 is 0.941 bits per heavy atom. The Kier molecular flexibility index (Phi) is 4.99. The highest BCUT2D eigenvalue weighted by molar-refractivity contribution is 4.84. The molecule has 1 aliphatic heterocycles. The number of nitrogens with zero attached hydrogens (tertiary/aromatic N) is 2. The van der Waals surface area contributed by atoms with E-state index in [9.17, 15) is 0 Å². The van der Waals surface area contributed by atoms with E-state index in [1.54, 1.807) is 0 Å². The van der Waals surface area contributed by atoms with Gasteiger partial charge in [-0.1, -0.05) is 13.8 Å². The zero-order valence-electron chi connectivity index (χ0n) is 12.6. The highest BCUT2D eigenvalue weighted by atomic mass is 15.3. The molecule has 0 aromatic carbocycles. The van der Waals surface area contributed by atoms with Crippen LogP contribution in [0, 0.1) is 5.41 Å². The highest BCUT2D eigenvalue weighted by Crippen LogP contribution is 2.20. The van der Waals surface area contributed by atoms with Crippen molar-refractivity contribution in [1.82, 2.24) is 15.1 Å². The van der Waals surface area contributed by atoms with Crippen LogP contribution in [0.4, 0.5) is 0 Å². The van der Waals surface area contributed by atoms with Gasteiger partial charge in [0.15, 0.2) is 0 Å². The molecule has 3 heteroatoms. The van der Waals surface area contributed by atoms with Crippen molar-refractivity contribution >= 4 is 0 Å². The van der Waals surface area contributed by atoms with Crippen LogP contribution in [0.15, 0.2) is 0 Å². The molecular weight excluding hydrogens is 210 g/mol. The maximum Gasteiger partial charge on any atom is 0.0126 e. The minimum absolute atomic E-state index is 0.326. The predicted octanol–water partition coefficient (Wildman–Crippen LogP) is 1.65. The van der Waals surface area contributed by atoms with Crippen molar-refractivity contribution in [2.24, 2.45) is 5.41 Å². The van der Waals surface area contributed by atoms with Gasteiger partial charge in [-0.25, -0.2) is 0 Å². The molecule has 0 atom stereocenters. The molecule has 0 spiro atoms. The van der Waals surface area contributed by atoms with Gasteiger partial charge in [0.05, 0.1) is 0 Å². The predicted molar refractivity (Wildman–Crippen MR) is 75.5 cm³/mol. The normalized spacial score (nSPS) is 20.8. The van der Waals surface area contributed by atoms with Gasteiger partial charge in [-0.2, -0.15) is 0 Å². The molecule has 0 bridgehead atoms. The summed E-state index contributed by atoms with van der Waals surface area (Å²) in [5, 5.41) is 3.29. The Hall–Kier alpha value is -0.120. The third-order valence-corrected chi connectivity index (χ3v) is 3.63. The molecule has 0 aromatic heterocycles. The fourth-order valence-electron chi connectivity index (χ4n) is 2.72. The average molecular weight is 241 g/mol. The van der Waals surface area contributed by atoms with Gasteiger partial charge < -0.3 is 10.2 Å². The second-order valence-corrected chi connectivity index (χ2v) is 7.13. The second kappa shape index (κ2) is 5.68. The standard InChI is InChI=1S/C14H31N3/c1-13(2,3)17-9-7-16(8-10-17)12-14(4,5)11-15-6/h15H,7-12H2,1-6H3. The zero-order chi connectivity index (χ0) is 13.1. The summed E-state index contributed by atoms with van der Waals surface area (Å²) in [5.74, 6) is 0. The number of hydrogen-bond acceptors (Lipinski definition) is 3. The molecule has 102 valence electrons. The van der Waals surface area contributed by atoms with E-state index in [1.165, 1.54) is 32.7 Å². The molecule has 1 N–H and O–H groups in total. The van der Waals surface area contributed by atoms with Crippen molar-refractivity contribution in [2.75, 3.05) is 46.3 Å². The largest absolute Gasteiger partial charge is 0.319 e. The number of hydrogen-bond donors (Lipinski definition) is 1. The van der Waals surface area contributed by atoms with E-state index in [2.05, 4.69) is 49.7 Å². The van der Waals surface area contributed by atoms with Crippen LogP contribution in [0.25, 0.3) is 0 Å². The third kappa shape index (κ3) is 4.94. The van der Waals surface area contributed by atoms with E-state index >= 15 is 0 Å².